The Morgan fingerprint density at radius 2 is 1.62 bits per heavy atom. The first kappa shape index (κ1) is 22.1. The van der Waals surface area contributed by atoms with Crippen molar-refractivity contribution in [3.63, 3.8) is 0 Å². The van der Waals surface area contributed by atoms with Crippen LogP contribution < -0.4 is 0 Å². The van der Waals surface area contributed by atoms with Crippen LogP contribution in [0.2, 0.25) is 0 Å². The van der Waals surface area contributed by atoms with E-state index in [9.17, 15) is 15.3 Å². The van der Waals surface area contributed by atoms with Crippen molar-refractivity contribution >= 4 is 0 Å². The first-order valence-corrected chi connectivity index (χ1v) is 12.7. The average Bonchev–Trinajstić information content (AvgIpc) is 3.05. The van der Waals surface area contributed by atoms with Gasteiger partial charge in [0.25, 0.3) is 0 Å². The number of fused-ring (bicyclic) bond motifs is 5. The van der Waals surface area contributed by atoms with Crippen molar-refractivity contribution in [2.45, 2.75) is 104 Å². The second-order valence-corrected chi connectivity index (χ2v) is 12.0. The van der Waals surface area contributed by atoms with Crippen molar-refractivity contribution in [2.75, 3.05) is 6.61 Å². The van der Waals surface area contributed by atoms with Crippen LogP contribution in [-0.2, 0) is 0 Å². The molecule has 0 aliphatic heterocycles. The predicted octanol–water partition coefficient (Wildman–Crippen LogP) is 5.02. The van der Waals surface area contributed by atoms with Gasteiger partial charge >= 0.3 is 0 Å². The van der Waals surface area contributed by atoms with E-state index in [1.54, 1.807) is 0 Å². The van der Waals surface area contributed by atoms with E-state index in [-0.39, 0.29) is 12.2 Å². The molecular weight excluding hydrogens is 360 g/mol. The summed E-state index contributed by atoms with van der Waals surface area (Å²) >= 11 is 0. The highest BCUT2D eigenvalue weighted by molar-refractivity contribution is 5.13. The van der Waals surface area contributed by atoms with E-state index in [1.165, 1.54) is 25.7 Å². The minimum absolute atomic E-state index is 0.164. The van der Waals surface area contributed by atoms with E-state index >= 15 is 0 Å². The van der Waals surface area contributed by atoms with Gasteiger partial charge in [0.05, 0.1) is 12.2 Å². The average molecular weight is 407 g/mol. The number of aliphatic hydroxyl groups excluding tert-OH is 3. The lowest BCUT2D eigenvalue weighted by atomic mass is 9.41. The second kappa shape index (κ2) is 8.10. The number of hydrogen-bond acceptors (Lipinski definition) is 3. The number of rotatable bonds is 5. The minimum atomic E-state index is -0.190. The molecule has 3 N–H and O–H groups in total. The zero-order chi connectivity index (χ0) is 21.0. The summed E-state index contributed by atoms with van der Waals surface area (Å²) in [4.78, 5) is 0. The zero-order valence-electron chi connectivity index (χ0n) is 19.3. The third kappa shape index (κ3) is 3.33. The first-order chi connectivity index (χ1) is 13.8. The van der Waals surface area contributed by atoms with Gasteiger partial charge in [0.2, 0.25) is 0 Å². The Morgan fingerprint density at radius 3 is 2.31 bits per heavy atom. The Morgan fingerprint density at radius 1 is 0.931 bits per heavy atom. The molecule has 4 fully saturated rings. The van der Waals surface area contributed by atoms with Crippen molar-refractivity contribution in [3.05, 3.63) is 0 Å². The first-order valence-electron chi connectivity index (χ1n) is 12.7. The molecule has 29 heavy (non-hydrogen) atoms. The summed E-state index contributed by atoms with van der Waals surface area (Å²) in [5, 5.41) is 31.4. The minimum Gasteiger partial charge on any atom is -0.396 e. The van der Waals surface area contributed by atoms with E-state index in [0.717, 1.165) is 44.4 Å². The summed E-state index contributed by atoms with van der Waals surface area (Å²) in [5.41, 5.74) is 0.651. The quantitative estimate of drug-likeness (QED) is 0.601. The highest BCUT2D eigenvalue weighted by atomic mass is 16.3. The Bertz CT molecular complexity index is 578. The molecule has 4 saturated carbocycles. The second-order valence-electron chi connectivity index (χ2n) is 12.0. The molecule has 0 saturated heterocycles. The monoisotopic (exact) mass is 406 g/mol. The molecule has 3 nitrogen and oxygen atoms in total. The molecular formula is C26H46O3. The van der Waals surface area contributed by atoms with Gasteiger partial charge in [0, 0.05) is 6.61 Å². The van der Waals surface area contributed by atoms with E-state index in [4.69, 9.17) is 0 Å². The summed E-state index contributed by atoms with van der Waals surface area (Å²) in [6, 6.07) is 0. The summed E-state index contributed by atoms with van der Waals surface area (Å²) in [6.07, 6.45) is 10.9. The molecule has 0 heterocycles. The fraction of sp³-hybridized carbons (Fsp3) is 1.00. The van der Waals surface area contributed by atoms with Crippen LogP contribution in [0, 0.1) is 52.3 Å². The van der Waals surface area contributed by atoms with Gasteiger partial charge in [-0.2, -0.15) is 0 Å². The molecule has 4 aliphatic carbocycles. The van der Waals surface area contributed by atoms with Gasteiger partial charge < -0.3 is 15.3 Å². The maximum Gasteiger partial charge on any atom is 0.0605 e. The highest BCUT2D eigenvalue weighted by Crippen LogP contribution is 2.69. The van der Waals surface area contributed by atoms with E-state index in [1.807, 2.05) is 0 Å². The predicted molar refractivity (Wildman–Crippen MR) is 117 cm³/mol. The molecule has 0 bridgehead atoms. The van der Waals surface area contributed by atoms with Crippen molar-refractivity contribution in [3.8, 4) is 0 Å². The Hall–Kier alpha value is -0.120. The maximum absolute atomic E-state index is 11.7. The summed E-state index contributed by atoms with van der Waals surface area (Å²) in [6.45, 7) is 10.0. The third-order valence-corrected chi connectivity index (χ3v) is 11.0. The lowest BCUT2D eigenvalue weighted by Gasteiger charge is -2.64. The van der Waals surface area contributed by atoms with E-state index < -0.39 is 0 Å². The van der Waals surface area contributed by atoms with Gasteiger partial charge in [-0.05, 0) is 110 Å². The van der Waals surface area contributed by atoms with Gasteiger partial charge in [-0.25, -0.2) is 0 Å². The highest BCUT2D eigenvalue weighted by Gasteiger charge is 2.64. The Kier molecular flexibility index (Phi) is 6.17. The van der Waals surface area contributed by atoms with Gasteiger partial charge in [-0.3, -0.25) is 0 Å². The molecule has 168 valence electrons. The van der Waals surface area contributed by atoms with Crippen LogP contribution in [0.1, 0.15) is 91.9 Å². The Labute approximate surface area is 178 Å². The lowest BCUT2D eigenvalue weighted by Crippen LogP contribution is -2.62. The zero-order valence-corrected chi connectivity index (χ0v) is 19.3. The molecule has 4 rings (SSSR count). The molecule has 0 radical (unpaired) electrons. The number of hydrogen-bond donors (Lipinski definition) is 3. The van der Waals surface area contributed by atoms with Gasteiger partial charge in [-0.15, -0.1) is 0 Å². The molecule has 4 aliphatic rings. The van der Waals surface area contributed by atoms with Gasteiger partial charge in [0.1, 0.15) is 0 Å². The third-order valence-electron chi connectivity index (χ3n) is 11.0. The topological polar surface area (TPSA) is 60.7 Å². The molecule has 0 aromatic carbocycles. The summed E-state index contributed by atoms with van der Waals surface area (Å²) < 4.78 is 0. The van der Waals surface area contributed by atoms with Crippen molar-refractivity contribution < 1.29 is 15.3 Å². The fourth-order valence-corrected chi connectivity index (χ4v) is 9.55. The molecule has 0 aromatic heterocycles. The van der Waals surface area contributed by atoms with Crippen LogP contribution in [0.4, 0.5) is 0 Å². The van der Waals surface area contributed by atoms with Crippen LogP contribution >= 0.6 is 0 Å². The van der Waals surface area contributed by atoms with Crippen molar-refractivity contribution in [1.29, 1.82) is 0 Å². The SMILES string of the molecule is CCC1C2C[C@H](O)CC[C@]2(C)C2CC[C@@]3(C)C(CC[C@@H]3[C@H](C)CCCO)C2[C@H]1O. The normalized spacial score (nSPS) is 53.1. The summed E-state index contributed by atoms with van der Waals surface area (Å²) in [7, 11) is 0. The molecule has 0 amide bonds. The van der Waals surface area contributed by atoms with E-state index in [0.29, 0.717) is 52.9 Å². The molecule has 5 unspecified atom stereocenters. The van der Waals surface area contributed by atoms with Crippen LogP contribution in [0.25, 0.3) is 0 Å². The van der Waals surface area contributed by atoms with Crippen LogP contribution in [0.3, 0.4) is 0 Å². The fourth-order valence-electron chi connectivity index (χ4n) is 9.55. The lowest BCUT2D eigenvalue weighted by molar-refractivity contribution is -0.203. The Balaban J connectivity index is 1.63. The standard InChI is InChI=1S/C26H46O3/c1-5-18-22-15-17(28)10-12-26(22,4)21-11-13-25(3)19(16(2)7-6-14-27)8-9-20(25)23(21)24(18)29/h16-24,27-29H,5-15H2,1-4H3/t16-,17-,18?,19-,20?,21?,22?,23?,24+,25-,26-/m1/s1. The van der Waals surface area contributed by atoms with Crippen molar-refractivity contribution in [2.24, 2.45) is 52.3 Å². The molecule has 3 heteroatoms. The van der Waals surface area contributed by atoms with Gasteiger partial charge in [0.15, 0.2) is 0 Å². The van der Waals surface area contributed by atoms with Crippen molar-refractivity contribution in [1.82, 2.24) is 0 Å². The largest absolute Gasteiger partial charge is 0.396 e. The molecule has 0 aromatic rings. The maximum atomic E-state index is 11.7. The van der Waals surface area contributed by atoms with Crippen LogP contribution in [-0.4, -0.2) is 34.1 Å². The van der Waals surface area contributed by atoms with Crippen LogP contribution in [0.15, 0.2) is 0 Å². The van der Waals surface area contributed by atoms with E-state index in [2.05, 4.69) is 27.7 Å². The smallest absolute Gasteiger partial charge is 0.0605 e. The summed E-state index contributed by atoms with van der Waals surface area (Å²) in [5.74, 6) is 3.97. The van der Waals surface area contributed by atoms with Gasteiger partial charge in [-0.1, -0.05) is 34.1 Å². The number of aliphatic hydroxyl groups is 3. The molecule has 0 spiro atoms. The van der Waals surface area contributed by atoms with Crippen LogP contribution in [0.5, 0.6) is 0 Å². The molecule has 11 atom stereocenters.